The number of rotatable bonds is 1. The molecule has 3 aliphatic rings. The van der Waals surface area contributed by atoms with Crippen LogP contribution in [-0.4, -0.2) is 11.4 Å². The van der Waals surface area contributed by atoms with Gasteiger partial charge in [0.2, 0.25) is 0 Å². The fraction of sp³-hybridized carbons (Fsp3) is 0.127. The molecule has 11 aromatic rings. The van der Waals surface area contributed by atoms with Gasteiger partial charge in [0, 0.05) is 66.4 Å². The van der Waals surface area contributed by atoms with Crippen molar-refractivity contribution in [1.29, 1.82) is 0 Å². The molecule has 4 nitrogen and oxygen atoms in total. The van der Waals surface area contributed by atoms with Gasteiger partial charge >= 0.3 is 6.85 Å². The molecule has 60 heavy (non-hydrogen) atoms. The van der Waals surface area contributed by atoms with Gasteiger partial charge < -0.3 is 18.2 Å². The first-order chi connectivity index (χ1) is 29.1. The van der Waals surface area contributed by atoms with Gasteiger partial charge in [-0.05, 0) is 98.3 Å². The van der Waals surface area contributed by atoms with Crippen LogP contribution in [0.25, 0.3) is 93.6 Å². The van der Waals surface area contributed by atoms with E-state index in [1.165, 1.54) is 83.1 Å². The van der Waals surface area contributed by atoms with Gasteiger partial charge in [0.25, 0.3) is 0 Å². The highest BCUT2D eigenvalue weighted by Gasteiger charge is 2.46. The third kappa shape index (κ3) is 3.98. The zero-order valence-corrected chi connectivity index (χ0v) is 34.1. The minimum Gasteiger partial charge on any atom is -0.456 e. The number of anilines is 2. The lowest BCUT2D eigenvalue weighted by Gasteiger charge is -2.42. The average Bonchev–Trinajstić information content (AvgIpc) is 3.97. The predicted molar refractivity (Wildman–Crippen MR) is 251 cm³/mol. The molecule has 1 aliphatic carbocycles. The molecule has 0 amide bonds. The molecule has 8 aromatic carbocycles. The summed E-state index contributed by atoms with van der Waals surface area (Å²) in [6.45, 7) is 11.5. The van der Waals surface area contributed by atoms with Crippen LogP contribution < -0.4 is 15.7 Å². The van der Waals surface area contributed by atoms with E-state index < -0.39 is 0 Å². The summed E-state index contributed by atoms with van der Waals surface area (Å²) in [5.74, 6) is 0. The number of nitrogens with zero attached hydrogens (tertiary/aromatic N) is 2. The second kappa shape index (κ2) is 10.8. The van der Waals surface area contributed by atoms with Crippen molar-refractivity contribution >= 4 is 94.8 Å². The Morgan fingerprint density at radius 1 is 0.500 bits per heavy atom. The zero-order valence-electron chi connectivity index (χ0n) is 34.1. The number of fused-ring (bicyclic) bond motifs is 17. The maximum Gasteiger partial charge on any atom is 0.333 e. The van der Waals surface area contributed by atoms with E-state index in [-0.39, 0.29) is 17.7 Å². The summed E-state index contributed by atoms with van der Waals surface area (Å²) >= 11 is 0. The molecule has 2 aliphatic heterocycles. The van der Waals surface area contributed by atoms with E-state index in [4.69, 9.17) is 8.83 Å². The number of hydrogen-bond acceptors (Lipinski definition) is 3. The van der Waals surface area contributed by atoms with E-state index in [2.05, 4.69) is 190 Å². The van der Waals surface area contributed by atoms with Crippen LogP contribution in [0.5, 0.6) is 0 Å². The highest BCUT2D eigenvalue weighted by atomic mass is 16.3. The molecule has 5 heterocycles. The van der Waals surface area contributed by atoms with Crippen LogP contribution >= 0.6 is 0 Å². The summed E-state index contributed by atoms with van der Waals surface area (Å²) in [6.07, 6.45) is 0. The van der Waals surface area contributed by atoms with Gasteiger partial charge in [-0.25, -0.2) is 0 Å². The number of para-hydroxylation sites is 2. The fourth-order valence-corrected chi connectivity index (χ4v) is 11.4. The van der Waals surface area contributed by atoms with Crippen LogP contribution in [0.4, 0.5) is 11.4 Å². The molecule has 0 bridgehead atoms. The molecule has 0 N–H and O–H groups in total. The Morgan fingerprint density at radius 2 is 1.18 bits per heavy atom. The van der Waals surface area contributed by atoms with Gasteiger partial charge in [0.1, 0.15) is 22.3 Å². The molecule has 0 unspecified atom stereocenters. The fourth-order valence-electron chi connectivity index (χ4n) is 11.4. The van der Waals surface area contributed by atoms with Gasteiger partial charge in [-0.2, -0.15) is 0 Å². The lowest BCUT2D eigenvalue weighted by Crippen LogP contribution is -2.60. The maximum absolute atomic E-state index is 6.69. The normalized spacial score (nSPS) is 14.8. The van der Waals surface area contributed by atoms with Gasteiger partial charge in [-0.3, -0.25) is 0 Å². The van der Waals surface area contributed by atoms with Crippen molar-refractivity contribution in [2.45, 2.75) is 45.4 Å². The smallest absolute Gasteiger partial charge is 0.333 e. The molecule has 0 saturated carbocycles. The van der Waals surface area contributed by atoms with Gasteiger partial charge in [0.05, 0.1) is 11.0 Å². The van der Waals surface area contributed by atoms with Crippen molar-refractivity contribution in [2.75, 3.05) is 4.81 Å². The largest absolute Gasteiger partial charge is 0.456 e. The van der Waals surface area contributed by atoms with Gasteiger partial charge in [-0.15, -0.1) is 0 Å². The van der Waals surface area contributed by atoms with Crippen LogP contribution in [0.1, 0.15) is 51.3 Å². The molecule has 0 fully saturated rings. The standard InChI is InChI=1S/C55H39BN2O2/c1-54(2,3)30-18-20-31(21-19-30)58-46-26-37-32-12-6-9-15-42(32)55(4,5)43(37)24-38(46)35-22-23-36-39-28-50-41(34-14-8-11-17-49(34)59-50)27-45(39)57-47-29-51-40(33-13-7-10-16-48(33)60-51)25-44(47)56(58)52(35)53(36)57/h6-29H,1-5H3. The summed E-state index contributed by atoms with van der Waals surface area (Å²) in [6, 6.07) is 54.5. The second-order valence-corrected chi connectivity index (χ2v) is 18.9. The van der Waals surface area contributed by atoms with Gasteiger partial charge in [-0.1, -0.05) is 126 Å². The molecular formula is C55H39BN2O2. The summed E-state index contributed by atoms with van der Waals surface area (Å²) < 4.78 is 15.8. The quantitative estimate of drug-likeness (QED) is 0.156. The van der Waals surface area contributed by atoms with Crippen molar-refractivity contribution in [3.8, 4) is 27.9 Å². The van der Waals surface area contributed by atoms with E-state index in [1.807, 2.05) is 0 Å². The Kier molecular flexibility index (Phi) is 5.92. The van der Waals surface area contributed by atoms with E-state index in [0.717, 1.165) is 49.6 Å². The van der Waals surface area contributed by atoms with E-state index in [0.29, 0.717) is 0 Å². The highest BCUT2D eigenvalue weighted by Crippen LogP contribution is 2.54. The Hall–Kier alpha value is -6.98. The van der Waals surface area contributed by atoms with Crippen molar-refractivity contribution in [3.63, 3.8) is 0 Å². The Bertz CT molecular complexity index is 3740. The first-order valence-corrected chi connectivity index (χ1v) is 21.2. The summed E-state index contributed by atoms with van der Waals surface area (Å²) in [5.41, 5.74) is 21.4. The van der Waals surface area contributed by atoms with E-state index in [1.54, 1.807) is 0 Å². The molecule has 0 saturated heterocycles. The topological polar surface area (TPSA) is 34.5 Å². The van der Waals surface area contributed by atoms with Gasteiger partial charge in [0.15, 0.2) is 0 Å². The van der Waals surface area contributed by atoms with Crippen LogP contribution in [0.15, 0.2) is 154 Å². The second-order valence-electron chi connectivity index (χ2n) is 18.9. The lowest BCUT2D eigenvalue weighted by atomic mass is 9.44. The minimum atomic E-state index is -0.134. The monoisotopic (exact) mass is 770 g/mol. The zero-order chi connectivity index (χ0) is 40.0. The Labute approximate surface area is 347 Å². The number of aromatic nitrogens is 1. The van der Waals surface area contributed by atoms with Crippen molar-refractivity contribution in [2.24, 2.45) is 0 Å². The maximum atomic E-state index is 6.69. The summed E-state index contributed by atoms with van der Waals surface area (Å²) in [5, 5.41) is 6.95. The SMILES string of the molecule is CC(C)(C)c1ccc(N2B3c4cc5c(cc4-n4c6cc7c(cc6c6ccc(c3c64)-c3cc4c(cc32)-c2ccccc2C4(C)C)oc2ccccc27)oc2ccccc25)cc1. The van der Waals surface area contributed by atoms with Crippen LogP contribution in [0, 0.1) is 0 Å². The molecule has 0 spiro atoms. The number of hydrogen-bond donors (Lipinski definition) is 0. The Balaban J connectivity index is 1.16. The van der Waals surface area contributed by atoms with Crippen molar-refractivity contribution < 1.29 is 8.83 Å². The third-order valence-corrected chi connectivity index (χ3v) is 14.3. The molecule has 0 atom stereocenters. The molecule has 14 rings (SSSR count). The van der Waals surface area contributed by atoms with E-state index >= 15 is 0 Å². The summed E-state index contributed by atoms with van der Waals surface area (Å²) in [7, 11) is 0. The molecule has 0 radical (unpaired) electrons. The first kappa shape index (κ1) is 32.9. The van der Waals surface area contributed by atoms with Crippen LogP contribution in [0.2, 0.25) is 0 Å². The lowest BCUT2D eigenvalue weighted by molar-refractivity contribution is 0.590. The minimum absolute atomic E-state index is 0.0318. The van der Waals surface area contributed by atoms with Crippen LogP contribution in [0.3, 0.4) is 0 Å². The third-order valence-electron chi connectivity index (χ3n) is 14.3. The van der Waals surface area contributed by atoms with Crippen LogP contribution in [-0.2, 0) is 10.8 Å². The van der Waals surface area contributed by atoms with Crippen molar-refractivity contribution in [1.82, 2.24) is 4.57 Å². The summed E-state index contributed by atoms with van der Waals surface area (Å²) in [4.78, 5) is 2.66. The molecule has 3 aromatic heterocycles. The molecule has 284 valence electrons. The predicted octanol–water partition coefficient (Wildman–Crippen LogP) is 13.4. The van der Waals surface area contributed by atoms with E-state index in [9.17, 15) is 0 Å². The molecular weight excluding hydrogens is 731 g/mol. The first-order valence-electron chi connectivity index (χ1n) is 21.2. The average molecular weight is 771 g/mol. The number of furan rings is 2. The highest BCUT2D eigenvalue weighted by molar-refractivity contribution is 6.94. The molecule has 5 heteroatoms. The van der Waals surface area contributed by atoms with Crippen molar-refractivity contribution in [3.05, 3.63) is 162 Å². The Morgan fingerprint density at radius 3 is 1.93 bits per heavy atom. The number of benzene rings is 8.